The van der Waals surface area contributed by atoms with E-state index in [0.717, 1.165) is 28.1 Å². The highest BCUT2D eigenvalue weighted by Gasteiger charge is 2.21. The summed E-state index contributed by atoms with van der Waals surface area (Å²) in [4.78, 5) is 0. The summed E-state index contributed by atoms with van der Waals surface area (Å²) in [7, 11) is 0. The van der Waals surface area contributed by atoms with Crippen LogP contribution in [0.5, 0.6) is 5.75 Å². The van der Waals surface area contributed by atoms with E-state index >= 15 is 0 Å². The molecule has 1 aliphatic rings. The highest BCUT2D eigenvalue weighted by Crippen LogP contribution is 2.24. The predicted octanol–water partition coefficient (Wildman–Crippen LogP) is 4.18. The lowest BCUT2D eigenvalue weighted by Gasteiger charge is -2.09. The Hall–Kier alpha value is -1.26. The van der Waals surface area contributed by atoms with Crippen LogP contribution in [0.1, 0.15) is 29.7 Å². The Morgan fingerprint density at radius 2 is 2.20 bits per heavy atom. The number of aryl methyl sites for hydroxylation is 1. The van der Waals surface area contributed by atoms with Crippen molar-refractivity contribution < 1.29 is 9.15 Å². The standard InChI is InChI=1S/C16H18BrNO2/c1-11-8-13(17)2-5-15(11)20-10-16-12(6-7-19-16)9-18-14-3-4-14/h2,5-8,14,18H,3-4,9-10H2,1H3. The summed E-state index contributed by atoms with van der Waals surface area (Å²) in [6.07, 6.45) is 4.32. The van der Waals surface area contributed by atoms with Crippen molar-refractivity contribution in [3.8, 4) is 5.75 Å². The summed E-state index contributed by atoms with van der Waals surface area (Å²) in [5, 5.41) is 3.49. The van der Waals surface area contributed by atoms with Crippen LogP contribution in [-0.2, 0) is 13.2 Å². The van der Waals surface area contributed by atoms with E-state index < -0.39 is 0 Å². The number of benzene rings is 1. The average Bonchev–Trinajstić information content (AvgIpc) is 3.14. The van der Waals surface area contributed by atoms with Crippen LogP contribution in [-0.4, -0.2) is 6.04 Å². The molecular formula is C16H18BrNO2. The van der Waals surface area contributed by atoms with Crippen LogP contribution in [0.15, 0.2) is 39.4 Å². The van der Waals surface area contributed by atoms with Gasteiger partial charge in [-0.25, -0.2) is 0 Å². The first-order valence-corrected chi connectivity index (χ1v) is 7.69. The molecule has 3 rings (SSSR count). The Morgan fingerprint density at radius 1 is 1.35 bits per heavy atom. The molecule has 1 aromatic carbocycles. The molecule has 1 saturated carbocycles. The van der Waals surface area contributed by atoms with Crippen LogP contribution in [0.3, 0.4) is 0 Å². The molecule has 20 heavy (non-hydrogen) atoms. The van der Waals surface area contributed by atoms with Crippen molar-refractivity contribution in [1.29, 1.82) is 0 Å². The van der Waals surface area contributed by atoms with Crippen LogP contribution in [0.25, 0.3) is 0 Å². The maximum absolute atomic E-state index is 5.86. The Kier molecular flexibility index (Phi) is 4.13. The van der Waals surface area contributed by atoms with Gasteiger partial charge in [0, 0.05) is 22.6 Å². The van der Waals surface area contributed by atoms with Crippen molar-refractivity contribution in [3.05, 3.63) is 51.9 Å². The molecule has 2 aromatic rings. The second-order valence-electron chi connectivity index (χ2n) is 5.22. The fourth-order valence-electron chi connectivity index (χ4n) is 2.11. The fourth-order valence-corrected chi connectivity index (χ4v) is 2.59. The van der Waals surface area contributed by atoms with E-state index in [1.54, 1.807) is 6.26 Å². The van der Waals surface area contributed by atoms with E-state index in [-0.39, 0.29) is 0 Å². The van der Waals surface area contributed by atoms with Gasteiger partial charge in [0.25, 0.3) is 0 Å². The van der Waals surface area contributed by atoms with E-state index in [9.17, 15) is 0 Å². The molecule has 3 nitrogen and oxygen atoms in total. The molecule has 106 valence electrons. The first-order chi connectivity index (χ1) is 9.72. The summed E-state index contributed by atoms with van der Waals surface area (Å²) >= 11 is 3.46. The number of hydrogen-bond acceptors (Lipinski definition) is 3. The molecule has 0 saturated heterocycles. The zero-order chi connectivity index (χ0) is 13.9. The second-order valence-corrected chi connectivity index (χ2v) is 6.14. The highest BCUT2D eigenvalue weighted by molar-refractivity contribution is 9.10. The number of halogens is 1. The van der Waals surface area contributed by atoms with Gasteiger partial charge in [0.05, 0.1) is 6.26 Å². The summed E-state index contributed by atoms with van der Waals surface area (Å²) in [6.45, 7) is 3.37. The normalized spacial score (nSPS) is 14.5. The summed E-state index contributed by atoms with van der Waals surface area (Å²) in [5.74, 6) is 1.80. The maximum Gasteiger partial charge on any atom is 0.146 e. The number of ether oxygens (including phenoxy) is 1. The molecule has 1 aromatic heterocycles. The molecule has 1 aliphatic carbocycles. The van der Waals surface area contributed by atoms with Crippen LogP contribution < -0.4 is 10.1 Å². The largest absolute Gasteiger partial charge is 0.485 e. The smallest absolute Gasteiger partial charge is 0.146 e. The van der Waals surface area contributed by atoms with Gasteiger partial charge in [0.15, 0.2) is 0 Å². The Balaban J connectivity index is 1.61. The van der Waals surface area contributed by atoms with Crippen molar-refractivity contribution in [3.63, 3.8) is 0 Å². The predicted molar refractivity (Wildman–Crippen MR) is 81.8 cm³/mol. The average molecular weight is 336 g/mol. The third-order valence-corrected chi connectivity index (χ3v) is 3.99. The van der Waals surface area contributed by atoms with Crippen LogP contribution in [0.4, 0.5) is 0 Å². The van der Waals surface area contributed by atoms with Gasteiger partial charge in [-0.15, -0.1) is 0 Å². The molecule has 4 heteroatoms. The minimum absolute atomic E-state index is 0.469. The number of hydrogen-bond donors (Lipinski definition) is 1. The number of rotatable bonds is 6. The van der Waals surface area contributed by atoms with Gasteiger partial charge in [-0.05, 0) is 49.6 Å². The van der Waals surface area contributed by atoms with Gasteiger partial charge in [0.2, 0.25) is 0 Å². The summed E-state index contributed by atoms with van der Waals surface area (Å²) < 4.78 is 12.4. The minimum Gasteiger partial charge on any atom is -0.485 e. The monoisotopic (exact) mass is 335 g/mol. The van der Waals surface area contributed by atoms with Crippen molar-refractivity contribution >= 4 is 15.9 Å². The highest BCUT2D eigenvalue weighted by atomic mass is 79.9. The molecule has 1 N–H and O–H groups in total. The van der Waals surface area contributed by atoms with E-state index in [1.165, 1.54) is 18.4 Å². The molecular weight excluding hydrogens is 318 g/mol. The van der Waals surface area contributed by atoms with Crippen LogP contribution in [0.2, 0.25) is 0 Å². The zero-order valence-electron chi connectivity index (χ0n) is 11.5. The van der Waals surface area contributed by atoms with Crippen molar-refractivity contribution in [1.82, 2.24) is 5.32 Å². The third kappa shape index (κ3) is 3.44. The van der Waals surface area contributed by atoms with E-state index in [1.807, 2.05) is 31.2 Å². The molecule has 1 heterocycles. The lowest BCUT2D eigenvalue weighted by Crippen LogP contribution is -2.16. The Labute approximate surface area is 127 Å². The molecule has 0 unspecified atom stereocenters. The first kappa shape index (κ1) is 13.7. The van der Waals surface area contributed by atoms with Crippen molar-refractivity contribution in [2.75, 3.05) is 0 Å². The minimum atomic E-state index is 0.469. The van der Waals surface area contributed by atoms with Crippen LogP contribution >= 0.6 is 15.9 Å². The lowest BCUT2D eigenvalue weighted by molar-refractivity contribution is 0.266. The van der Waals surface area contributed by atoms with Gasteiger partial charge in [0.1, 0.15) is 18.1 Å². The number of furan rings is 1. The summed E-state index contributed by atoms with van der Waals surface area (Å²) in [5.41, 5.74) is 2.30. The Morgan fingerprint density at radius 3 is 2.95 bits per heavy atom. The van der Waals surface area contributed by atoms with Gasteiger partial charge in [-0.3, -0.25) is 0 Å². The maximum atomic E-state index is 5.86. The number of nitrogens with one attached hydrogen (secondary N) is 1. The molecule has 0 radical (unpaired) electrons. The fraction of sp³-hybridized carbons (Fsp3) is 0.375. The van der Waals surface area contributed by atoms with Gasteiger partial charge in [-0.1, -0.05) is 15.9 Å². The topological polar surface area (TPSA) is 34.4 Å². The zero-order valence-corrected chi connectivity index (χ0v) is 13.1. The van der Waals surface area contributed by atoms with Crippen molar-refractivity contribution in [2.45, 2.75) is 39.0 Å². The molecule has 0 spiro atoms. The third-order valence-electron chi connectivity index (χ3n) is 3.49. The molecule has 0 amide bonds. The van der Waals surface area contributed by atoms with Gasteiger partial charge < -0.3 is 14.5 Å². The first-order valence-electron chi connectivity index (χ1n) is 6.90. The van der Waals surface area contributed by atoms with E-state index in [4.69, 9.17) is 9.15 Å². The second kappa shape index (κ2) is 6.02. The molecule has 0 atom stereocenters. The SMILES string of the molecule is Cc1cc(Br)ccc1OCc1occc1CNC1CC1. The van der Waals surface area contributed by atoms with E-state index in [2.05, 4.69) is 21.2 Å². The quantitative estimate of drug-likeness (QED) is 0.859. The van der Waals surface area contributed by atoms with Gasteiger partial charge >= 0.3 is 0 Å². The van der Waals surface area contributed by atoms with E-state index in [0.29, 0.717) is 12.6 Å². The van der Waals surface area contributed by atoms with Gasteiger partial charge in [-0.2, -0.15) is 0 Å². The lowest BCUT2D eigenvalue weighted by atomic mass is 10.2. The summed E-state index contributed by atoms with van der Waals surface area (Å²) in [6, 6.07) is 8.73. The Bertz CT molecular complexity index is 590. The molecule has 0 aliphatic heterocycles. The van der Waals surface area contributed by atoms with Crippen molar-refractivity contribution in [2.24, 2.45) is 0 Å². The molecule has 1 fully saturated rings. The molecule has 0 bridgehead atoms. The van der Waals surface area contributed by atoms with Crippen LogP contribution in [0, 0.1) is 6.92 Å².